The number of anilines is 2. The molecule has 39 heavy (non-hydrogen) atoms. The van der Waals surface area contributed by atoms with Gasteiger partial charge in [-0.25, -0.2) is 15.0 Å². The van der Waals surface area contributed by atoms with E-state index in [0.29, 0.717) is 30.4 Å². The number of nitrogens with one attached hydrogen (secondary N) is 1. The summed E-state index contributed by atoms with van der Waals surface area (Å²) in [5.41, 5.74) is 11.4. The zero-order valence-electron chi connectivity index (χ0n) is 21.3. The number of nitrogens with two attached hydrogens (primary N) is 1. The second-order valence-electron chi connectivity index (χ2n) is 9.45. The number of imidazole rings is 1. The van der Waals surface area contributed by atoms with Gasteiger partial charge in [0.05, 0.1) is 11.9 Å². The van der Waals surface area contributed by atoms with Crippen LogP contribution in [0.15, 0.2) is 85.2 Å². The van der Waals surface area contributed by atoms with Crippen molar-refractivity contribution in [3.05, 3.63) is 108 Å². The lowest BCUT2D eigenvalue weighted by Crippen LogP contribution is -2.17. The fourth-order valence-corrected chi connectivity index (χ4v) is 4.89. The van der Waals surface area contributed by atoms with Crippen LogP contribution in [-0.4, -0.2) is 38.5 Å². The Morgan fingerprint density at radius 1 is 0.949 bits per heavy atom. The lowest BCUT2D eigenvalue weighted by Gasteiger charge is -2.21. The van der Waals surface area contributed by atoms with Crippen molar-refractivity contribution in [1.82, 2.24) is 19.4 Å². The van der Waals surface area contributed by atoms with E-state index in [-0.39, 0.29) is 11.8 Å². The van der Waals surface area contributed by atoms with Crippen molar-refractivity contribution < 1.29 is 9.53 Å². The van der Waals surface area contributed by atoms with Gasteiger partial charge in [0, 0.05) is 36.5 Å². The molecule has 1 amide bonds. The third kappa shape index (κ3) is 5.15. The summed E-state index contributed by atoms with van der Waals surface area (Å²) >= 11 is 0. The molecule has 6 rings (SSSR count). The monoisotopic (exact) mass is 516 g/mol. The molecule has 5 aromatic rings. The topological polar surface area (TPSA) is 107 Å². The number of benzene rings is 2. The van der Waals surface area contributed by atoms with Crippen molar-refractivity contribution in [2.24, 2.45) is 0 Å². The molecule has 1 fully saturated rings. The van der Waals surface area contributed by atoms with Gasteiger partial charge in [-0.3, -0.25) is 9.20 Å². The van der Waals surface area contributed by atoms with E-state index in [0.717, 1.165) is 46.7 Å². The molecular formula is C31H28N6O2. The van der Waals surface area contributed by atoms with Crippen LogP contribution in [0.1, 0.15) is 46.2 Å². The molecule has 4 heterocycles. The summed E-state index contributed by atoms with van der Waals surface area (Å²) < 4.78 is 7.77. The van der Waals surface area contributed by atoms with Gasteiger partial charge in [0.15, 0.2) is 0 Å². The highest BCUT2D eigenvalue weighted by atomic mass is 16.5. The fourth-order valence-electron chi connectivity index (χ4n) is 4.89. The maximum absolute atomic E-state index is 12.8. The van der Waals surface area contributed by atoms with Crippen LogP contribution in [0.3, 0.4) is 0 Å². The average molecular weight is 517 g/mol. The molecule has 2 aromatic carbocycles. The summed E-state index contributed by atoms with van der Waals surface area (Å²) in [7, 11) is 0. The highest BCUT2D eigenvalue weighted by molar-refractivity contribution is 6.04. The molecule has 3 aromatic heterocycles. The van der Waals surface area contributed by atoms with Gasteiger partial charge in [0.2, 0.25) is 0 Å². The number of rotatable bonds is 6. The Bertz CT molecular complexity index is 1620. The van der Waals surface area contributed by atoms with Gasteiger partial charge in [-0.1, -0.05) is 54.6 Å². The van der Waals surface area contributed by atoms with Crippen molar-refractivity contribution in [2.45, 2.75) is 18.8 Å². The lowest BCUT2D eigenvalue weighted by molar-refractivity contribution is 0.0835. The number of carbonyl (C=O) groups is 1. The summed E-state index contributed by atoms with van der Waals surface area (Å²) in [4.78, 5) is 26.6. The molecule has 8 heteroatoms. The van der Waals surface area contributed by atoms with E-state index in [9.17, 15) is 4.79 Å². The van der Waals surface area contributed by atoms with E-state index in [4.69, 9.17) is 15.5 Å². The Hall–Kier alpha value is -4.82. The molecule has 1 saturated heterocycles. The number of hydrogen-bond acceptors (Lipinski definition) is 6. The van der Waals surface area contributed by atoms with Crippen LogP contribution >= 0.6 is 0 Å². The summed E-state index contributed by atoms with van der Waals surface area (Å²) in [6, 6.07) is 22.9. The molecule has 0 atom stereocenters. The molecule has 3 N–H and O–H groups in total. The Morgan fingerprint density at radius 3 is 2.46 bits per heavy atom. The van der Waals surface area contributed by atoms with Gasteiger partial charge >= 0.3 is 0 Å². The number of nitrogen functional groups attached to an aromatic ring is 1. The Labute approximate surface area is 226 Å². The van der Waals surface area contributed by atoms with Crippen LogP contribution in [0.5, 0.6) is 0 Å². The number of nitrogens with zero attached hydrogens (tertiary/aromatic N) is 4. The van der Waals surface area contributed by atoms with Crippen molar-refractivity contribution in [2.75, 3.05) is 24.3 Å². The number of pyridine rings is 1. The number of carbonyl (C=O) groups excluding carboxylic acids is 1. The van der Waals surface area contributed by atoms with Gasteiger partial charge in [0.1, 0.15) is 28.7 Å². The van der Waals surface area contributed by atoms with Crippen LogP contribution in [0.2, 0.25) is 0 Å². The zero-order chi connectivity index (χ0) is 26.6. The van der Waals surface area contributed by atoms with Crippen LogP contribution in [0.4, 0.5) is 11.6 Å². The van der Waals surface area contributed by atoms with Gasteiger partial charge in [0.25, 0.3) is 5.91 Å². The molecule has 1 aliphatic heterocycles. The maximum Gasteiger partial charge on any atom is 0.256 e. The van der Waals surface area contributed by atoms with Crippen molar-refractivity contribution >= 4 is 35.2 Å². The fraction of sp³-hybridized carbons (Fsp3) is 0.161. The van der Waals surface area contributed by atoms with Gasteiger partial charge in [-0.2, -0.15) is 0 Å². The predicted octanol–water partition coefficient (Wildman–Crippen LogP) is 5.69. The van der Waals surface area contributed by atoms with Crippen LogP contribution < -0.4 is 11.1 Å². The molecule has 0 unspecified atom stereocenters. The predicted molar refractivity (Wildman–Crippen MR) is 153 cm³/mol. The van der Waals surface area contributed by atoms with E-state index in [1.54, 1.807) is 36.7 Å². The Morgan fingerprint density at radius 2 is 1.72 bits per heavy atom. The van der Waals surface area contributed by atoms with Crippen LogP contribution in [-0.2, 0) is 4.74 Å². The zero-order valence-corrected chi connectivity index (χ0v) is 21.3. The molecule has 0 aliphatic carbocycles. The van der Waals surface area contributed by atoms with Crippen molar-refractivity contribution in [3.63, 3.8) is 0 Å². The second-order valence-corrected chi connectivity index (χ2v) is 9.45. The molecule has 8 nitrogen and oxygen atoms in total. The van der Waals surface area contributed by atoms with E-state index in [1.165, 1.54) is 0 Å². The quantitative estimate of drug-likeness (QED) is 0.300. The van der Waals surface area contributed by atoms with Crippen LogP contribution in [0, 0.1) is 0 Å². The molecule has 194 valence electrons. The average Bonchev–Trinajstić information content (AvgIpc) is 3.40. The third-order valence-electron chi connectivity index (χ3n) is 6.90. The Kier molecular flexibility index (Phi) is 6.84. The number of fused-ring (bicyclic) bond motifs is 1. The maximum atomic E-state index is 12.8. The van der Waals surface area contributed by atoms with Gasteiger partial charge < -0.3 is 15.8 Å². The standard InChI is InChI=1S/C31H28N6O2/c32-29-28-27(22-10-12-24(13-11-22)31(38)35-26-8-4-5-17-33-26)36-30(23-15-18-39-19-16-23)37(28)25(20-34-29)14-9-21-6-2-1-3-7-21/h1-14,17,20,23H,15-16,18-19H2,(H2,32,34)(H,33,35,38)/b14-9+. The summed E-state index contributed by atoms with van der Waals surface area (Å²) in [5, 5.41) is 2.82. The minimum atomic E-state index is -0.229. The lowest BCUT2D eigenvalue weighted by atomic mass is 9.99. The molecule has 0 saturated carbocycles. The number of hydrogen-bond donors (Lipinski definition) is 2. The van der Waals surface area contributed by atoms with Gasteiger partial charge in [-0.05, 0) is 48.7 Å². The van der Waals surface area contributed by atoms with E-state index < -0.39 is 0 Å². The summed E-state index contributed by atoms with van der Waals surface area (Å²) in [6.45, 7) is 1.40. The SMILES string of the molecule is Nc1ncc(/C=C/c2ccccc2)n2c(C3CCOCC3)nc(-c3ccc(C(=O)Nc4ccccn4)cc3)c12. The third-order valence-corrected chi connectivity index (χ3v) is 6.90. The molecule has 1 aliphatic rings. The van der Waals surface area contributed by atoms with E-state index >= 15 is 0 Å². The Balaban J connectivity index is 1.41. The first-order chi connectivity index (χ1) is 19.2. The highest BCUT2D eigenvalue weighted by Crippen LogP contribution is 2.35. The van der Waals surface area contributed by atoms with Crippen molar-refractivity contribution in [3.8, 4) is 11.3 Å². The first-order valence-electron chi connectivity index (χ1n) is 13.0. The molecule has 0 bridgehead atoms. The van der Waals surface area contributed by atoms with E-state index in [1.807, 2.05) is 42.5 Å². The molecular weight excluding hydrogens is 488 g/mol. The molecule has 0 radical (unpaired) electrons. The minimum Gasteiger partial charge on any atom is -0.382 e. The molecule has 0 spiro atoms. The van der Waals surface area contributed by atoms with Crippen LogP contribution in [0.25, 0.3) is 28.9 Å². The smallest absolute Gasteiger partial charge is 0.256 e. The number of aromatic nitrogens is 4. The number of ether oxygens (including phenoxy) is 1. The van der Waals surface area contributed by atoms with Gasteiger partial charge in [-0.15, -0.1) is 0 Å². The number of amides is 1. The summed E-state index contributed by atoms with van der Waals surface area (Å²) in [5.74, 6) is 1.86. The van der Waals surface area contributed by atoms with Crippen molar-refractivity contribution in [1.29, 1.82) is 0 Å². The first-order valence-corrected chi connectivity index (χ1v) is 13.0. The second kappa shape index (κ2) is 10.9. The van der Waals surface area contributed by atoms with E-state index in [2.05, 4.69) is 37.9 Å². The summed E-state index contributed by atoms with van der Waals surface area (Å²) in [6.07, 6.45) is 9.31. The largest absolute Gasteiger partial charge is 0.382 e. The highest BCUT2D eigenvalue weighted by Gasteiger charge is 2.26. The normalized spacial score (nSPS) is 14.2. The minimum absolute atomic E-state index is 0.229. The first kappa shape index (κ1) is 24.5.